The molecule has 0 saturated heterocycles. The Labute approximate surface area is 109 Å². The topological polar surface area (TPSA) is 69.4 Å². The lowest BCUT2D eigenvalue weighted by Crippen LogP contribution is -2.32. The van der Waals surface area contributed by atoms with E-state index in [0.717, 1.165) is 11.1 Å². The zero-order chi connectivity index (χ0) is 13.6. The Kier molecular flexibility index (Phi) is 5.78. The molecule has 0 saturated carbocycles. The molecular formula is C13H21NO3S. The summed E-state index contributed by atoms with van der Waals surface area (Å²) in [5.41, 5.74) is 7.36. The summed E-state index contributed by atoms with van der Waals surface area (Å²) in [7, 11) is -3.19. The maximum atomic E-state index is 12.0. The van der Waals surface area contributed by atoms with Crippen LogP contribution in [-0.2, 0) is 20.3 Å². The number of sulfone groups is 1. The van der Waals surface area contributed by atoms with E-state index in [0.29, 0.717) is 6.61 Å². The standard InChI is InChI=1S/C13H21NO3S/c1-3-17-13(8-14)10-18(15,16)9-12-6-4-5-11(2)7-12/h4-7,13H,3,8-10,14H2,1-2H3. The molecule has 1 aromatic carbocycles. The van der Waals surface area contributed by atoms with Crippen LogP contribution < -0.4 is 5.73 Å². The molecule has 1 atom stereocenters. The average molecular weight is 271 g/mol. The molecule has 4 nitrogen and oxygen atoms in total. The lowest BCUT2D eigenvalue weighted by atomic mass is 10.2. The minimum Gasteiger partial charge on any atom is -0.376 e. The van der Waals surface area contributed by atoms with E-state index in [1.165, 1.54) is 0 Å². The van der Waals surface area contributed by atoms with Crippen LogP contribution in [0.2, 0.25) is 0 Å². The molecule has 0 amide bonds. The van der Waals surface area contributed by atoms with Crippen molar-refractivity contribution in [1.29, 1.82) is 0 Å². The summed E-state index contributed by atoms with van der Waals surface area (Å²) >= 11 is 0. The molecule has 18 heavy (non-hydrogen) atoms. The minimum absolute atomic E-state index is 0.0225. The number of nitrogens with two attached hydrogens (primary N) is 1. The molecular weight excluding hydrogens is 250 g/mol. The third-order valence-corrected chi connectivity index (χ3v) is 4.23. The number of hydrogen-bond donors (Lipinski definition) is 1. The van der Waals surface area contributed by atoms with Crippen LogP contribution in [0.15, 0.2) is 24.3 Å². The molecule has 0 aliphatic carbocycles. The highest BCUT2D eigenvalue weighted by Gasteiger charge is 2.19. The van der Waals surface area contributed by atoms with E-state index in [2.05, 4.69) is 0 Å². The number of ether oxygens (including phenoxy) is 1. The highest BCUT2D eigenvalue weighted by atomic mass is 32.2. The van der Waals surface area contributed by atoms with Gasteiger partial charge in [0.2, 0.25) is 0 Å². The van der Waals surface area contributed by atoms with Gasteiger partial charge in [0.25, 0.3) is 0 Å². The Morgan fingerprint density at radius 1 is 1.39 bits per heavy atom. The van der Waals surface area contributed by atoms with Crippen molar-refractivity contribution in [2.45, 2.75) is 25.7 Å². The van der Waals surface area contributed by atoms with Crippen LogP contribution in [0, 0.1) is 6.92 Å². The monoisotopic (exact) mass is 271 g/mol. The molecule has 1 aromatic rings. The molecule has 5 heteroatoms. The highest BCUT2D eigenvalue weighted by Crippen LogP contribution is 2.10. The average Bonchev–Trinajstić information content (AvgIpc) is 2.27. The van der Waals surface area contributed by atoms with Crippen molar-refractivity contribution in [2.24, 2.45) is 5.73 Å². The highest BCUT2D eigenvalue weighted by molar-refractivity contribution is 7.90. The molecule has 0 heterocycles. The van der Waals surface area contributed by atoms with E-state index in [1.807, 2.05) is 38.1 Å². The smallest absolute Gasteiger partial charge is 0.157 e. The molecule has 1 rings (SSSR count). The lowest BCUT2D eigenvalue weighted by molar-refractivity contribution is 0.0846. The van der Waals surface area contributed by atoms with Gasteiger partial charge in [0.15, 0.2) is 9.84 Å². The van der Waals surface area contributed by atoms with Gasteiger partial charge in [-0.25, -0.2) is 8.42 Å². The fraction of sp³-hybridized carbons (Fsp3) is 0.538. The Bertz CT molecular complexity index is 471. The normalized spacial score (nSPS) is 13.5. The Morgan fingerprint density at radius 2 is 2.11 bits per heavy atom. The Hall–Kier alpha value is -0.910. The van der Waals surface area contributed by atoms with Crippen LogP contribution in [0.1, 0.15) is 18.1 Å². The minimum atomic E-state index is -3.19. The first kappa shape index (κ1) is 15.1. The van der Waals surface area contributed by atoms with Gasteiger partial charge in [0, 0.05) is 13.2 Å². The second-order valence-corrected chi connectivity index (χ2v) is 6.47. The summed E-state index contributed by atoms with van der Waals surface area (Å²) in [6.45, 7) is 4.47. The lowest BCUT2D eigenvalue weighted by Gasteiger charge is -2.15. The first-order valence-electron chi connectivity index (χ1n) is 6.04. The van der Waals surface area contributed by atoms with Crippen molar-refractivity contribution in [3.8, 4) is 0 Å². The van der Waals surface area contributed by atoms with Gasteiger partial charge in [-0.3, -0.25) is 0 Å². The molecule has 0 fully saturated rings. The van der Waals surface area contributed by atoms with Crippen molar-refractivity contribution >= 4 is 9.84 Å². The van der Waals surface area contributed by atoms with Gasteiger partial charge in [-0.05, 0) is 19.4 Å². The second-order valence-electron chi connectivity index (χ2n) is 4.36. The van der Waals surface area contributed by atoms with Gasteiger partial charge in [-0.1, -0.05) is 29.8 Å². The number of hydrogen-bond acceptors (Lipinski definition) is 4. The van der Waals surface area contributed by atoms with Crippen LogP contribution in [0.4, 0.5) is 0 Å². The van der Waals surface area contributed by atoms with Gasteiger partial charge in [0.05, 0.1) is 17.6 Å². The first-order chi connectivity index (χ1) is 8.46. The largest absolute Gasteiger partial charge is 0.376 e. The molecule has 2 N–H and O–H groups in total. The summed E-state index contributed by atoms with van der Waals surface area (Å²) in [5, 5.41) is 0. The van der Waals surface area contributed by atoms with Crippen molar-refractivity contribution in [2.75, 3.05) is 18.9 Å². The molecule has 0 aliphatic rings. The van der Waals surface area contributed by atoms with E-state index in [9.17, 15) is 8.42 Å². The summed E-state index contributed by atoms with van der Waals surface area (Å²) in [4.78, 5) is 0. The number of benzene rings is 1. The van der Waals surface area contributed by atoms with Gasteiger partial charge in [-0.15, -0.1) is 0 Å². The summed E-state index contributed by atoms with van der Waals surface area (Å²) in [6.07, 6.45) is -0.412. The third kappa shape index (κ3) is 5.16. The van der Waals surface area contributed by atoms with Crippen LogP contribution in [0.3, 0.4) is 0 Å². The molecule has 0 radical (unpaired) electrons. The SMILES string of the molecule is CCOC(CN)CS(=O)(=O)Cc1cccc(C)c1. The van der Waals surface area contributed by atoms with E-state index in [-0.39, 0.29) is 18.1 Å². The Morgan fingerprint density at radius 3 is 2.67 bits per heavy atom. The molecule has 0 spiro atoms. The maximum absolute atomic E-state index is 12.0. The second kappa shape index (κ2) is 6.87. The van der Waals surface area contributed by atoms with E-state index in [4.69, 9.17) is 10.5 Å². The molecule has 102 valence electrons. The van der Waals surface area contributed by atoms with Crippen LogP contribution >= 0.6 is 0 Å². The fourth-order valence-electron chi connectivity index (χ4n) is 1.82. The fourth-order valence-corrected chi connectivity index (χ4v) is 3.42. The van der Waals surface area contributed by atoms with Crippen LogP contribution in [0.25, 0.3) is 0 Å². The van der Waals surface area contributed by atoms with Crippen molar-refractivity contribution in [3.63, 3.8) is 0 Å². The van der Waals surface area contributed by atoms with E-state index in [1.54, 1.807) is 0 Å². The van der Waals surface area contributed by atoms with Crippen LogP contribution in [0.5, 0.6) is 0 Å². The van der Waals surface area contributed by atoms with Gasteiger partial charge in [-0.2, -0.15) is 0 Å². The van der Waals surface area contributed by atoms with Gasteiger partial charge < -0.3 is 10.5 Å². The molecule has 0 bridgehead atoms. The number of rotatable bonds is 7. The molecule has 0 aliphatic heterocycles. The molecule has 0 aromatic heterocycles. The van der Waals surface area contributed by atoms with E-state index >= 15 is 0 Å². The van der Waals surface area contributed by atoms with Crippen molar-refractivity contribution in [1.82, 2.24) is 0 Å². The Balaban J connectivity index is 2.70. The predicted molar refractivity (Wildman–Crippen MR) is 73.1 cm³/mol. The van der Waals surface area contributed by atoms with Gasteiger partial charge >= 0.3 is 0 Å². The zero-order valence-electron chi connectivity index (χ0n) is 10.9. The zero-order valence-corrected chi connectivity index (χ0v) is 11.7. The third-order valence-electron chi connectivity index (χ3n) is 2.57. The van der Waals surface area contributed by atoms with Crippen LogP contribution in [-0.4, -0.2) is 33.4 Å². The summed E-state index contributed by atoms with van der Waals surface area (Å²) in [5.74, 6) is 0.0174. The maximum Gasteiger partial charge on any atom is 0.157 e. The van der Waals surface area contributed by atoms with Crippen molar-refractivity contribution < 1.29 is 13.2 Å². The predicted octanol–water partition coefficient (Wildman–Crippen LogP) is 1.27. The summed E-state index contributed by atoms with van der Waals surface area (Å²) in [6, 6.07) is 7.51. The number of aryl methyl sites for hydroxylation is 1. The van der Waals surface area contributed by atoms with Crippen molar-refractivity contribution in [3.05, 3.63) is 35.4 Å². The summed E-state index contributed by atoms with van der Waals surface area (Å²) < 4.78 is 29.3. The quantitative estimate of drug-likeness (QED) is 0.811. The molecule has 1 unspecified atom stereocenters. The van der Waals surface area contributed by atoms with E-state index < -0.39 is 15.9 Å². The first-order valence-corrected chi connectivity index (χ1v) is 7.86. The van der Waals surface area contributed by atoms with Gasteiger partial charge in [0.1, 0.15) is 0 Å².